The molecule has 0 aliphatic carbocycles. The summed E-state index contributed by atoms with van der Waals surface area (Å²) in [5.74, 6) is 0.639. The van der Waals surface area contributed by atoms with Gasteiger partial charge in [0, 0.05) is 27.7 Å². The van der Waals surface area contributed by atoms with E-state index in [4.69, 9.17) is 0 Å². The normalized spacial score (nSPS) is 11.0. The average Bonchev–Trinajstić information content (AvgIpc) is 3.20. The lowest BCUT2D eigenvalue weighted by atomic mass is 10.1. The topological polar surface area (TPSA) is 86.5 Å². The second kappa shape index (κ2) is 6.15. The summed E-state index contributed by atoms with van der Waals surface area (Å²) in [6, 6.07) is 13.5. The van der Waals surface area contributed by atoms with E-state index in [2.05, 4.69) is 25.5 Å². The molecule has 6 heteroatoms. The maximum Gasteiger partial charge on any atom is 0.258 e. The Kier molecular flexibility index (Phi) is 3.80. The molecular weight excluding hydrogens is 326 g/mol. The van der Waals surface area contributed by atoms with E-state index in [0.717, 1.165) is 27.7 Å². The van der Waals surface area contributed by atoms with Crippen LogP contribution in [0.1, 0.15) is 27.2 Å². The zero-order valence-electron chi connectivity index (χ0n) is 14.8. The zero-order chi connectivity index (χ0) is 18.3. The van der Waals surface area contributed by atoms with Crippen molar-refractivity contribution in [2.24, 2.45) is 0 Å². The lowest BCUT2D eigenvalue weighted by Gasteiger charge is -2.02. The second-order valence-electron chi connectivity index (χ2n) is 6.46. The van der Waals surface area contributed by atoms with Crippen molar-refractivity contribution < 1.29 is 4.79 Å². The first-order valence-corrected chi connectivity index (χ1v) is 8.41. The van der Waals surface area contributed by atoms with Gasteiger partial charge in [-0.25, -0.2) is 0 Å². The standard InChI is InChI=1S/C20H19N5O/c1-11-4-6-14(7-5-11)18-22-20(25-24-18)23-19(26)15-8-9-17-16(10-15)12(2)13(3)21-17/h4-10,21H,1-3H3,(H2,22,23,24,25,26). The van der Waals surface area contributed by atoms with Crippen molar-refractivity contribution in [1.82, 2.24) is 20.2 Å². The number of amides is 1. The lowest BCUT2D eigenvalue weighted by Crippen LogP contribution is -2.12. The van der Waals surface area contributed by atoms with Gasteiger partial charge in [-0.3, -0.25) is 15.2 Å². The molecule has 0 aliphatic rings. The fourth-order valence-corrected chi connectivity index (χ4v) is 2.93. The molecule has 2 heterocycles. The fourth-order valence-electron chi connectivity index (χ4n) is 2.93. The molecule has 130 valence electrons. The van der Waals surface area contributed by atoms with Gasteiger partial charge in [-0.2, -0.15) is 4.98 Å². The van der Waals surface area contributed by atoms with E-state index in [0.29, 0.717) is 11.4 Å². The molecular formula is C20H19N5O. The number of carbonyl (C=O) groups excluding carboxylic acids is 1. The highest BCUT2D eigenvalue weighted by Crippen LogP contribution is 2.23. The van der Waals surface area contributed by atoms with Crippen LogP contribution in [0.5, 0.6) is 0 Å². The highest BCUT2D eigenvalue weighted by atomic mass is 16.1. The molecule has 0 atom stereocenters. The molecule has 1 amide bonds. The molecule has 0 saturated heterocycles. The van der Waals surface area contributed by atoms with Crippen LogP contribution in [0.25, 0.3) is 22.3 Å². The van der Waals surface area contributed by atoms with Crippen LogP contribution in [-0.4, -0.2) is 26.1 Å². The van der Waals surface area contributed by atoms with E-state index in [-0.39, 0.29) is 11.9 Å². The smallest absolute Gasteiger partial charge is 0.258 e. The Hall–Kier alpha value is -3.41. The predicted molar refractivity (Wildman–Crippen MR) is 102 cm³/mol. The molecule has 2 aromatic heterocycles. The number of aromatic amines is 2. The highest BCUT2D eigenvalue weighted by molar-refractivity contribution is 6.05. The van der Waals surface area contributed by atoms with Crippen molar-refractivity contribution in [3.8, 4) is 11.4 Å². The van der Waals surface area contributed by atoms with Crippen molar-refractivity contribution in [2.45, 2.75) is 20.8 Å². The number of benzene rings is 2. The Morgan fingerprint density at radius 2 is 1.81 bits per heavy atom. The third-order valence-corrected chi connectivity index (χ3v) is 4.61. The Balaban J connectivity index is 1.57. The molecule has 0 radical (unpaired) electrons. The fraction of sp³-hybridized carbons (Fsp3) is 0.150. The molecule has 0 unspecified atom stereocenters. The van der Waals surface area contributed by atoms with Crippen LogP contribution in [0.4, 0.5) is 5.95 Å². The van der Waals surface area contributed by atoms with Crippen LogP contribution in [0, 0.1) is 20.8 Å². The van der Waals surface area contributed by atoms with E-state index >= 15 is 0 Å². The van der Waals surface area contributed by atoms with Gasteiger partial charge in [-0.1, -0.05) is 29.8 Å². The number of hydrogen-bond donors (Lipinski definition) is 3. The number of nitrogens with one attached hydrogen (secondary N) is 3. The number of rotatable bonds is 3. The molecule has 2 aromatic carbocycles. The van der Waals surface area contributed by atoms with Gasteiger partial charge in [-0.05, 0) is 44.5 Å². The molecule has 3 N–H and O–H groups in total. The van der Waals surface area contributed by atoms with Gasteiger partial charge in [0.2, 0.25) is 5.95 Å². The summed E-state index contributed by atoms with van der Waals surface area (Å²) in [4.78, 5) is 20.2. The van der Waals surface area contributed by atoms with Crippen molar-refractivity contribution in [3.63, 3.8) is 0 Å². The first-order chi connectivity index (χ1) is 12.5. The quantitative estimate of drug-likeness (QED) is 0.522. The molecule has 26 heavy (non-hydrogen) atoms. The van der Waals surface area contributed by atoms with Crippen LogP contribution in [0.2, 0.25) is 0 Å². The molecule has 0 aliphatic heterocycles. The lowest BCUT2D eigenvalue weighted by molar-refractivity contribution is 0.102. The molecule has 0 saturated carbocycles. The monoisotopic (exact) mass is 345 g/mol. The third kappa shape index (κ3) is 2.86. The van der Waals surface area contributed by atoms with Gasteiger partial charge in [0.15, 0.2) is 5.82 Å². The van der Waals surface area contributed by atoms with E-state index in [1.54, 1.807) is 6.07 Å². The Morgan fingerprint density at radius 1 is 1.04 bits per heavy atom. The number of aryl methyl sites for hydroxylation is 3. The van der Waals surface area contributed by atoms with Gasteiger partial charge in [0.25, 0.3) is 5.91 Å². The summed E-state index contributed by atoms with van der Waals surface area (Å²) in [7, 11) is 0. The van der Waals surface area contributed by atoms with Gasteiger partial charge in [0.05, 0.1) is 0 Å². The first-order valence-electron chi connectivity index (χ1n) is 8.41. The SMILES string of the molecule is Cc1ccc(-c2nc(NC(=O)c3ccc4[nH]c(C)c(C)c4c3)n[nH]2)cc1. The summed E-state index contributed by atoms with van der Waals surface area (Å²) in [6.45, 7) is 6.09. The van der Waals surface area contributed by atoms with Crippen LogP contribution in [-0.2, 0) is 0 Å². The molecule has 4 aromatic rings. The Morgan fingerprint density at radius 3 is 2.58 bits per heavy atom. The van der Waals surface area contributed by atoms with Crippen molar-refractivity contribution >= 4 is 22.8 Å². The predicted octanol–water partition coefficient (Wildman–Crippen LogP) is 4.13. The van der Waals surface area contributed by atoms with Gasteiger partial charge in [0.1, 0.15) is 0 Å². The molecule has 4 rings (SSSR count). The van der Waals surface area contributed by atoms with Crippen LogP contribution >= 0.6 is 0 Å². The van der Waals surface area contributed by atoms with Crippen LogP contribution in [0.3, 0.4) is 0 Å². The number of hydrogen-bond acceptors (Lipinski definition) is 3. The number of fused-ring (bicyclic) bond motifs is 1. The van der Waals surface area contributed by atoms with E-state index in [1.807, 2.05) is 57.2 Å². The van der Waals surface area contributed by atoms with E-state index in [9.17, 15) is 4.79 Å². The van der Waals surface area contributed by atoms with Gasteiger partial charge < -0.3 is 4.98 Å². The van der Waals surface area contributed by atoms with Crippen LogP contribution in [0.15, 0.2) is 42.5 Å². The summed E-state index contributed by atoms with van der Waals surface area (Å²) < 4.78 is 0. The zero-order valence-corrected chi connectivity index (χ0v) is 14.8. The summed E-state index contributed by atoms with van der Waals surface area (Å²) in [6.07, 6.45) is 0. The summed E-state index contributed by atoms with van der Waals surface area (Å²) in [5.41, 5.74) is 5.94. The number of nitrogens with zero attached hydrogens (tertiary/aromatic N) is 2. The average molecular weight is 345 g/mol. The van der Waals surface area contributed by atoms with Gasteiger partial charge in [-0.15, -0.1) is 5.10 Å². The summed E-state index contributed by atoms with van der Waals surface area (Å²) >= 11 is 0. The maximum absolute atomic E-state index is 12.6. The molecule has 0 fully saturated rings. The number of anilines is 1. The van der Waals surface area contributed by atoms with Crippen molar-refractivity contribution in [2.75, 3.05) is 5.32 Å². The maximum atomic E-state index is 12.6. The summed E-state index contributed by atoms with van der Waals surface area (Å²) in [5, 5.41) is 10.7. The van der Waals surface area contributed by atoms with E-state index < -0.39 is 0 Å². The minimum atomic E-state index is -0.236. The van der Waals surface area contributed by atoms with Crippen LogP contribution < -0.4 is 5.32 Å². The Bertz CT molecular complexity index is 1110. The highest BCUT2D eigenvalue weighted by Gasteiger charge is 2.13. The molecule has 0 spiro atoms. The van der Waals surface area contributed by atoms with E-state index in [1.165, 1.54) is 5.56 Å². The van der Waals surface area contributed by atoms with Gasteiger partial charge >= 0.3 is 0 Å². The molecule has 0 bridgehead atoms. The first kappa shape index (κ1) is 16.1. The second-order valence-corrected chi connectivity index (χ2v) is 6.46. The largest absolute Gasteiger partial charge is 0.358 e. The van der Waals surface area contributed by atoms with Crippen molar-refractivity contribution in [3.05, 3.63) is 64.8 Å². The van der Waals surface area contributed by atoms with Crippen molar-refractivity contribution in [1.29, 1.82) is 0 Å². The minimum Gasteiger partial charge on any atom is -0.358 e. The third-order valence-electron chi connectivity index (χ3n) is 4.61. The number of aromatic nitrogens is 4. The number of H-pyrrole nitrogens is 2. The number of carbonyl (C=O) groups is 1. The molecule has 6 nitrogen and oxygen atoms in total. The Labute approximate surface area is 150 Å². The minimum absolute atomic E-state index is 0.236.